The number of carbonyl (C=O) groups excluding carboxylic acids is 3. The molecule has 2 unspecified atom stereocenters. The number of hydrogen-bond donors (Lipinski definition) is 2. The number of halogens is 1. The van der Waals surface area contributed by atoms with Crippen LogP contribution in [-0.4, -0.2) is 41.0 Å². The monoisotopic (exact) mass is 591 g/mol. The number of alkyl carbamates (subject to hydrolysis) is 1. The van der Waals surface area contributed by atoms with Crippen molar-refractivity contribution in [2.75, 3.05) is 11.9 Å². The van der Waals surface area contributed by atoms with E-state index >= 15 is 0 Å². The van der Waals surface area contributed by atoms with Crippen molar-refractivity contribution in [2.24, 2.45) is 0 Å². The van der Waals surface area contributed by atoms with Crippen LogP contribution in [0, 0.1) is 13.8 Å². The molecule has 7 nitrogen and oxygen atoms in total. The largest absolute Gasteiger partial charge is 0.444 e. The minimum atomic E-state index is -0.974. The average molecular weight is 592 g/mol. The van der Waals surface area contributed by atoms with Gasteiger partial charge in [-0.15, -0.1) is 0 Å². The number of anilines is 1. The first kappa shape index (κ1) is 32.7. The van der Waals surface area contributed by atoms with Gasteiger partial charge in [0.25, 0.3) is 5.91 Å². The molecule has 3 aromatic rings. The summed E-state index contributed by atoms with van der Waals surface area (Å²) in [4.78, 5) is 43.2. The molecule has 0 aliphatic heterocycles. The lowest BCUT2D eigenvalue weighted by atomic mass is 9.98. The number of rotatable bonds is 11. The van der Waals surface area contributed by atoms with Crippen molar-refractivity contribution in [2.45, 2.75) is 78.5 Å². The fourth-order valence-corrected chi connectivity index (χ4v) is 4.96. The summed E-state index contributed by atoms with van der Waals surface area (Å²) in [7, 11) is 0. The Bertz CT molecular complexity index is 1350. The third-order valence-corrected chi connectivity index (χ3v) is 7.01. The van der Waals surface area contributed by atoms with Crippen LogP contribution in [0.4, 0.5) is 10.5 Å². The molecule has 3 amide bonds. The highest BCUT2D eigenvalue weighted by atomic mass is 35.5. The zero-order valence-corrected chi connectivity index (χ0v) is 26.1. The Morgan fingerprint density at radius 2 is 1.64 bits per heavy atom. The van der Waals surface area contributed by atoms with E-state index in [1.807, 2.05) is 87.5 Å². The maximum Gasteiger partial charge on any atom is 0.408 e. The van der Waals surface area contributed by atoms with Crippen molar-refractivity contribution < 1.29 is 19.1 Å². The number of carbonyl (C=O) groups is 3. The number of benzene rings is 3. The predicted octanol–water partition coefficient (Wildman–Crippen LogP) is 7.40. The van der Waals surface area contributed by atoms with E-state index < -0.39 is 29.7 Å². The van der Waals surface area contributed by atoms with Crippen molar-refractivity contribution in [1.29, 1.82) is 0 Å². The summed E-state index contributed by atoms with van der Waals surface area (Å²) in [5.41, 5.74) is 3.04. The third-order valence-electron chi connectivity index (χ3n) is 6.70. The Balaban J connectivity index is 2.08. The number of nitrogens with zero attached hydrogens (tertiary/aromatic N) is 1. The number of nitrogens with one attached hydrogen (secondary N) is 2. The average Bonchev–Trinajstić information content (AvgIpc) is 2.92. The van der Waals surface area contributed by atoms with Gasteiger partial charge in [0.1, 0.15) is 17.7 Å². The van der Waals surface area contributed by atoms with E-state index in [9.17, 15) is 14.4 Å². The quantitative estimate of drug-likeness (QED) is 0.243. The molecule has 8 heteroatoms. The lowest BCUT2D eigenvalue weighted by molar-refractivity contribution is -0.140. The van der Waals surface area contributed by atoms with Gasteiger partial charge in [-0.1, -0.05) is 97.2 Å². The molecule has 0 fully saturated rings. The predicted molar refractivity (Wildman–Crippen MR) is 169 cm³/mol. The molecule has 0 bridgehead atoms. The second-order valence-electron chi connectivity index (χ2n) is 11.5. The van der Waals surface area contributed by atoms with Crippen molar-refractivity contribution in [3.8, 4) is 0 Å². The molecule has 0 aliphatic rings. The van der Waals surface area contributed by atoms with Gasteiger partial charge in [0.15, 0.2) is 0 Å². The topological polar surface area (TPSA) is 87.7 Å². The highest BCUT2D eigenvalue weighted by Gasteiger charge is 2.36. The van der Waals surface area contributed by atoms with E-state index in [0.717, 1.165) is 23.1 Å². The summed E-state index contributed by atoms with van der Waals surface area (Å²) in [6.07, 6.45) is 0.998. The summed E-state index contributed by atoms with van der Waals surface area (Å²) in [5.74, 6) is -0.771. The van der Waals surface area contributed by atoms with Crippen LogP contribution in [0.2, 0.25) is 5.02 Å². The van der Waals surface area contributed by atoms with Crippen LogP contribution in [0.3, 0.4) is 0 Å². The summed E-state index contributed by atoms with van der Waals surface area (Å²) in [5, 5.41) is 6.20. The zero-order valence-electron chi connectivity index (χ0n) is 25.4. The molecule has 3 aromatic carbocycles. The van der Waals surface area contributed by atoms with Crippen LogP contribution in [0.15, 0.2) is 72.8 Å². The first-order chi connectivity index (χ1) is 19.9. The molecular weight excluding hydrogens is 550 g/mol. The molecule has 0 heterocycles. The second-order valence-corrected chi connectivity index (χ2v) is 11.9. The maximum atomic E-state index is 14.5. The number of para-hydroxylation sites is 1. The van der Waals surface area contributed by atoms with Crippen LogP contribution in [0.5, 0.6) is 0 Å². The third kappa shape index (κ3) is 9.35. The molecule has 0 saturated carbocycles. The Labute approximate surface area is 254 Å². The molecule has 42 heavy (non-hydrogen) atoms. The zero-order chi connectivity index (χ0) is 30.9. The number of unbranched alkanes of at least 4 members (excludes halogenated alkanes) is 1. The second kappa shape index (κ2) is 14.9. The standard InChI is InChI=1S/C34H42ClN3O4/c1-7-8-20-38(32(40)28(22-25-16-10-9-11-17-25)36-33(41)42-34(4,5)6)30(26-18-12-14-23(2)21-26)31(39)37-29-24(3)15-13-19-27(29)35/h9-19,21,28,30H,7-8,20,22H2,1-6H3,(H,36,41)(H,37,39). The molecule has 0 spiro atoms. The van der Waals surface area contributed by atoms with Crippen LogP contribution >= 0.6 is 11.6 Å². The molecule has 2 N–H and O–H groups in total. The fourth-order valence-electron chi connectivity index (χ4n) is 4.69. The molecule has 0 aliphatic carbocycles. The van der Waals surface area contributed by atoms with E-state index in [1.165, 1.54) is 0 Å². The van der Waals surface area contributed by atoms with Crippen LogP contribution in [0.1, 0.15) is 68.8 Å². The van der Waals surface area contributed by atoms with Gasteiger partial charge < -0.3 is 20.3 Å². The first-order valence-electron chi connectivity index (χ1n) is 14.4. The van der Waals surface area contributed by atoms with E-state index in [1.54, 1.807) is 31.7 Å². The van der Waals surface area contributed by atoms with Gasteiger partial charge in [0.2, 0.25) is 5.91 Å². The van der Waals surface area contributed by atoms with Gasteiger partial charge in [0, 0.05) is 13.0 Å². The van der Waals surface area contributed by atoms with E-state index in [0.29, 0.717) is 29.2 Å². The van der Waals surface area contributed by atoms with Crippen molar-refractivity contribution in [3.05, 3.63) is 100 Å². The van der Waals surface area contributed by atoms with Gasteiger partial charge in [-0.3, -0.25) is 9.59 Å². The Kier molecular flexibility index (Phi) is 11.6. The minimum Gasteiger partial charge on any atom is -0.444 e. The van der Waals surface area contributed by atoms with E-state index in [4.69, 9.17) is 16.3 Å². The molecule has 0 aromatic heterocycles. The number of hydrogen-bond acceptors (Lipinski definition) is 4. The van der Waals surface area contributed by atoms with Crippen molar-refractivity contribution in [3.63, 3.8) is 0 Å². The van der Waals surface area contributed by atoms with Crippen molar-refractivity contribution >= 4 is 35.2 Å². The highest BCUT2D eigenvalue weighted by Crippen LogP contribution is 2.30. The lowest BCUT2D eigenvalue weighted by Gasteiger charge is -2.35. The Hall–Kier alpha value is -3.84. The van der Waals surface area contributed by atoms with Crippen LogP contribution in [-0.2, 0) is 20.7 Å². The van der Waals surface area contributed by atoms with Gasteiger partial charge >= 0.3 is 6.09 Å². The minimum absolute atomic E-state index is 0.229. The summed E-state index contributed by atoms with van der Waals surface area (Å²) < 4.78 is 5.52. The molecule has 2 atom stereocenters. The van der Waals surface area contributed by atoms with Gasteiger partial charge in [-0.05, 0) is 63.8 Å². The smallest absolute Gasteiger partial charge is 0.408 e. The summed E-state index contributed by atoms with van der Waals surface area (Å²) in [6, 6.07) is 20.5. The molecule has 0 radical (unpaired) electrons. The normalized spacial score (nSPS) is 12.6. The summed E-state index contributed by atoms with van der Waals surface area (Å²) >= 11 is 6.47. The SMILES string of the molecule is CCCCN(C(=O)C(Cc1ccccc1)NC(=O)OC(C)(C)C)C(C(=O)Nc1c(C)cccc1Cl)c1cccc(C)c1. The van der Waals surface area contributed by atoms with Crippen molar-refractivity contribution in [1.82, 2.24) is 10.2 Å². The number of aryl methyl sites for hydroxylation is 2. The molecule has 0 saturated heterocycles. The fraction of sp³-hybridized carbons (Fsp3) is 0.382. The highest BCUT2D eigenvalue weighted by molar-refractivity contribution is 6.34. The lowest BCUT2D eigenvalue weighted by Crippen LogP contribution is -2.53. The van der Waals surface area contributed by atoms with Gasteiger partial charge in [-0.2, -0.15) is 0 Å². The molecular formula is C34H42ClN3O4. The maximum absolute atomic E-state index is 14.5. The van der Waals surface area contributed by atoms with Crippen LogP contribution < -0.4 is 10.6 Å². The number of amides is 3. The van der Waals surface area contributed by atoms with Gasteiger partial charge in [-0.25, -0.2) is 4.79 Å². The van der Waals surface area contributed by atoms with Crippen LogP contribution in [0.25, 0.3) is 0 Å². The van der Waals surface area contributed by atoms with E-state index in [2.05, 4.69) is 10.6 Å². The van der Waals surface area contributed by atoms with E-state index in [-0.39, 0.29) is 12.3 Å². The first-order valence-corrected chi connectivity index (χ1v) is 14.7. The molecule has 3 rings (SSSR count). The molecule has 224 valence electrons. The Morgan fingerprint density at radius 1 is 0.952 bits per heavy atom. The van der Waals surface area contributed by atoms with Gasteiger partial charge in [0.05, 0.1) is 10.7 Å². The summed E-state index contributed by atoms with van der Waals surface area (Å²) in [6.45, 7) is 11.4. The number of ether oxygens (including phenoxy) is 1. The Morgan fingerprint density at radius 3 is 2.26 bits per heavy atom.